The number of aromatic nitrogens is 1. The fourth-order valence-corrected chi connectivity index (χ4v) is 2.57. The first-order valence-corrected chi connectivity index (χ1v) is 7.63. The Labute approximate surface area is 144 Å². The van der Waals surface area contributed by atoms with Crippen LogP contribution in [0.3, 0.4) is 0 Å². The molecule has 2 rings (SSSR count). The van der Waals surface area contributed by atoms with E-state index in [9.17, 15) is 0 Å². The highest BCUT2D eigenvalue weighted by atomic mass is 127. The molecule has 0 bridgehead atoms. The molecule has 1 aliphatic rings. The summed E-state index contributed by atoms with van der Waals surface area (Å²) in [5.41, 5.74) is 0.992. The molecule has 1 fully saturated rings. The van der Waals surface area contributed by atoms with Crippen molar-refractivity contribution in [1.29, 1.82) is 0 Å². The van der Waals surface area contributed by atoms with Crippen LogP contribution in [0.4, 0.5) is 0 Å². The lowest BCUT2D eigenvalue weighted by molar-refractivity contribution is 0.328. The second kappa shape index (κ2) is 9.27. The van der Waals surface area contributed by atoms with Gasteiger partial charge in [-0.05, 0) is 38.0 Å². The number of hydrogen-bond acceptors (Lipinski definition) is 3. The van der Waals surface area contributed by atoms with Gasteiger partial charge in [-0.1, -0.05) is 19.0 Å². The molecule has 21 heavy (non-hydrogen) atoms. The molecule has 1 aromatic heterocycles. The summed E-state index contributed by atoms with van der Waals surface area (Å²) >= 11 is 0. The third kappa shape index (κ3) is 5.84. The van der Waals surface area contributed by atoms with E-state index in [1.165, 1.54) is 25.7 Å². The smallest absolute Gasteiger partial charge is 0.191 e. The molecule has 5 nitrogen and oxygen atoms in total. The van der Waals surface area contributed by atoms with Crippen molar-refractivity contribution in [1.82, 2.24) is 15.8 Å². The number of aliphatic imine (C=N–C) groups is 1. The van der Waals surface area contributed by atoms with Crippen LogP contribution in [-0.2, 0) is 13.0 Å². The molecule has 0 aromatic carbocycles. The SMILES string of the molecule is CCc1cc(CNC(=NC)NC2CCC(C)CC2)on1.I. The Morgan fingerprint density at radius 3 is 2.67 bits per heavy atom. The largest absolute Gasteiger partial charge is 0.359 e. The molecule has 1 saturated carbocycles. The minimum atomic E-state index is 0. The summed E-state index contributed by atoms with van der Waals surface area (Å²) in [4.78, 5) is 4.28. The predicted molar refractivity (Wildman–Crippen MR) is 96.1 cm³/mol. The first-order valence-electron chi connectivity index (χ1n) is 7.63. The van der Waals surface area contributed by atoms with Gasteiger partial charge in [0, 0.05) is 19.2 Å². The highest BCUT2D eigenvalue weighted by molar-refractivity contribution is 14.0. The maximum Gasteiger partial charge on any atom is 0.191 e. The predicted octanol–water partition coefficient (Wildman–Crippen LogP) is 3.10. The third-order valence-corrected chi connectivity index (χ3v) is 3.98. The number of nitrogens with zero attached hydrogens (tertiary/aromatic N) is 2. The number of nitrogens with one attached hydrogen (secondary N) is 2. The van der Waals surface area contributed by atoms with Crippen molar-refractivity contribution in [2.45, 2.75) is 58.5 Å². The average molecular weight is 406 g/mol. The van der Waals surface area contributed by atoms with E-state index >= 15 is 0 Å². The summed E-state index contributed by atoms with van der Waals surface area (Å²) in [5.74, 6) is 2.56. The third-order valence-electron chi connectivity index (χ3n) is 3.98. The molecule has 1 aromatic rings. The minimum absolute atomic E-state index is 0. The summed E-state index contributed by atoms with van der Waals surface area (Å²) in [6.07, 6.45) is 5.96. The van der Waals surface area contributed by atoms with Crippen molar-refractivity contribution in [3.8, 4) is 0 Å². The Hall–Kier alpha value is -0.790. The van der Waals surface area contributed by atoms with E-state index in [4.69, 9.17) is 4.52 Å². The monoisotopic (exact) mass is 406 g/mol. The summed E-state index contributed by atoms with van der Waals surface area (Å²) in [6.45, 7) is 5.02. The molecule has 6 heteroatoms. The Morgan fingerprint density at radius 2 is 2.10 bits per heavy atom. The maximum absolute atomic E-state index is 5.26. The van der Waals surface area contributed by atoms with Crippen molar-refractivity contribution in [3.63, 3.8) is 0 Å². The first-order chi connectivity index (χ1) is 9.71. The summed E-state index contributed by atoms with van der Waals surface area (Å²) in [7, 11) is 1.80. The molecule has 0 atom stereocenters. The summed E-state index contributed by atoms with van der Waals surface area (Å²) in [6, 6.07) is 2.53. The van der Waals surface area contributed by atoms with Gasteiger partial charge in [-0.25, -0.2) is 0 Å². The highest BCUT2D eigenvalue weighted by Gasteiger charge is 2.18. The van der Waals surface area contributed by atoms with E-state index < -0.39 is 0 Å². The molecule has 0 saturated heterocycles. The number of rotatable bonds is 4. The summed E-state index contributed by atoms with van der Waals surface area (Å²) in [5, 5.41) is 10.8. The molecule has 120 valence electrons. The van der Waals surface area contributed by atoms with E-state index in [1.807, 2.05) is 6.07 Å². The van der Waals surface area contributed by atoms with Crippen LogP contribution in [0.1, 0.15) is 51.0 Å². The highest BCUT2D eigenvalue weighted by Crippen LogP contribution is 2.23. The maximum atomic E-state index is 5.26. The quantitative estimate of drug-likeness (QED) is 0.458. The van der Waals surface area contributed by atoms with Gasteiger partial charge >= 0.3 is 0 Å². The van der Waals surface area contributed by atoms with Crippen LogP contribution >= 0.6 is 24.0 Å². The molecule has 1 heterocycles. The molecule has 0 amide bonds. The van der Waals surface area contributed by atoms with Crippen molar-refractivity contribution in [3.05, 3.63) is 17.5 Å². The molecule has 2 N–H and O–H groups in total. The number of aryl methyl sites for hydroxylation is 1. The Morgan fingerprint density at radius 1 is 1.38 bits per heavy atom. The van der Waals surface area contributed by atoms with E-state index in [0.29, 0.717) is 12.6 Å². The topological polar surface area (TPSA) is 62.5 Å². The van der Waals surface area contributed by atoms with Gasteiger partial charge in [-0.15, -0.1) is 24.0 Å². The lowest BCUT2D eigenvalue weighted by Gasteiger charge is -2.28. The first kappa shape index (κ1) is 18.3. The lowest BCUT2D eigenvalue weighted by Crippen LogP contribution is -2.44. The van der Waals surface area contributed by atoms with Crippen LogP contribution in [0, 0.1) is 5.92 Å². The zero-order valence-corrected chi connectivity index (χ0v) is 15.5. The van der Waals surface area contributed by atoms with E-state index in [2.05, 4.69) is 34.6 Å². The Bertz CT molecular complexity index is 439. The van der Waals surface area contributed by atoms with Crippen LogP contribution in [-0.4, -0.2) is 24.2 Å². The second-order valence-electron chi connectivity index (χ2n) is 5.67. The van der Waals surface area contributed by atoms with Crippen molar-refractivity contribution >= 4 is 29.9 Å². The fourth-order valence-electron chi connectivity index (χ4n) is 2.57. The molecular weight excluding hydrogens is 379 g/mol. The van der Waals surface area contributed by atoms with Crippen molar-refractivity contribution in [2.75, 3.05) is 7.05 Å². The van der Waals surface area contributed by atoms with Gasteiger partial charge in [0.1, 0.15) is 0 Å². The number of guanidine groups is 1. The normalized spacial score (nSPS) is 22.5. The molecule has 1 aliphatic carbocycles. The van der Waals surface area contributed by atoms with Crippen LogP contribution in [0.25, 0.3) is 0 Å². The Balaban J connectivity index is 0.00000220. The molecule has 0 aliphatic heterocycles. The zero-order valence-electron chi connectivity index (χ0n) is 13.2. The Kier molecular flexibility index (Phi) is 8.06. The second-order valence-corrected chi connectivity index (χ2v) is 5.67. The van der Waals surface area contributed by atoms with Gasteiger partial charge in [0.25, 0.3) is 0 Å². The minimum Gasteiger partial charge on any atom is -0.359 e. The van der Waals surface area contributed by atoms with Crippen molar-refractivity contribution < 1.29 is 4.52 Å². The van der Waals surface area contributed by atoms with Gasteiger partial charge in [-0.2, -0.15) is 0 Å². The van der Waals surface area contributed by atoms with Gasteiger partial charge in [0.2, 0.25) is 0 Å². The van der Waals surface area contributed by atoms with E-state index in [-0.39, 0.29) is 24.0 Å². The molecule has 0 unspecified atom stereocenters. The van der Waals surface area contributed by atoms with E-state index in [0.717, 1.165) is 29.8 Å². The lowest BCUT2D eigenvalue weighted by atomic mass is 9.87. The van der Waals surface area contributed by atoms with Crippen LogP contribution in [0.2, 0.25) is 0 Å². The molecule has 0 spiro atoms. The van der Waals surface area contributed by atoms with Gasteiger partial charge < -0.3 is 15.2 Å². The molecular formula is C15H27IN4O. The van der Waals surface area contributed by atoms with E-state index in [1.54, 1.807) is 7.05 Å². The summed E-state index contributed by atoms with van der Waals surface area (Å²) < 4.78 is 5.26. The number of hydrogen-bond donors (Lipinski definition) is 2. The van der Waals surface area contributed by atoms with Crippen LogP contribution < -0.4 is 10.6 Å². The standard InChI is InChI=1S/C15H26N4O.HI/c1-4-12-9-14(20-19-12)10-17-15(16-3)18-13-7-5-11(2)6-8-13;/h9,11,13H,4-8,10H2,1-3H3,(H2,16,17,18);1H. The number of halogens is 1. The average Bonchev–Trinajstić information content (AvgIpc) is 2.93. The van der Waals surface area contributed by atoms with Crippen molar-refractivity contribution in [2.24, 2.45) is 10.9 Å². The molecule has 0 radical (unpaired) electrons. The zero-order chi connectivity index (χ0) is 14.4. The van der Waals surface area contributed by atoms with Gasteiger partial charge in [-0.3, -0.25) is 4.99 Å². The van der Waals surface area contributed by atoms with Gasteiger partial charge in [0.15, 0.2) is 11.7 Å². The fraction of sp³-hybridized carbons (Fsp3) is 0.733. The van der Waals surface area contributed by atoms with Crippen LogP contribution in [0.15, 0.2) is 15.6 Å². The van der Waals surface area contributed by atoms with Gasteiger partial charge in [0.05, 0.1) is 12.2 Å². The van der Waals surface area contributed by atoms with Crippen LogP contribution in [0.5, 0.6) is 0 Å².